The van der Waals surface area contributed by atoms with E-state index in [2.05, 4.69) is 10.2 Å². The Bertz CT molecular complexity index is 458. The van der Waals surface area contributed by atoms with Gasteiger partial charge in [-0.3, -0.25) is 4.90 Å². The summed E-state index contributed by atoms with van der Waals surface area (Å²) >= 11 is 0.881. The Balaban J connectivity index is 1.50. The third-order valence-electron chi connectivity index (χ3n) is 4.62. The predicted molar refractivity (Wildman–Crippen MR) is 78.3 cm³/mol. The quantitative estimate of drug-likeness (QED) is 0.913. The third kappa shape index (κ3) is 3.79. The molecule has 0 aliphatic carbocycles. The van der Waals surface area contributed by atoms with E-state index in [4.69, 9.17) is 0 Å². The van der Waals surface area contributed by atoms with Gasteiger partial charge >= 0.3 is 6.18 Å². The molecule has 0 radical (unpaired) electrons. The van der Waals surface area contributed by atoms with E-state index in [1.165, 1.54) is 18.9 Å². The monoisotopic (exact) mass is 318 g/mol. The van der Waals surface area contributed by atoms with Gasteiger partial charge in [-0.15, -0.1) is 11.3 Å². The van der Waals surface area contributed by atoms with Crippen LogP contribution in [0.2, 0.25) is 0 Å². The summed E-state index contributed by atoms with van der Waals surface area (Å²) in [5, 5.41) is 3.57. The lowest BCUT2D eigenvalue weighted by Crippen LogP contribution is -2.40. The van der Waals surface area contributed by atoms with E-state index in [1.807, 2.05) is 0 Å². The number of nitrogens with zero attached hydrogens (tertiary/aromatic N) is 1. The molecule has 2 fully saturated rings. The Morgan fingerprint density at radius 2 is 1.95 bits per heavy atom. The van der Waals surface area contributed by atoms with Gasteiger partial charge in [0.2, 0.25) is 0 Å². The smallest absolute Gasteiger partial charge is 0.314 e. The lowest BCUT2D eigenvalue weighted by Gasteiger charge is -2.34. The van der Waals surface area contributed by atoms with Crippen LogP contribution in [0.25, 0.3) is 0 Å². The first-order valence-electron chi connectivity index (χ1n) is 7.64. The molecule has 1 atom stereocenters. The maximum Gasteiger partial charge on any atom is 0.425 e. The largest absolute Gasteiger partial charge is 0.425 e. The molecule has 1 aromatic heterocycles. The third-order valence-corrected chi connectivity index (χ3v) is 5.74. The average molecular weight is 318 g/mol. The number of nitrogens with one attached hydrogen (secondary N) is 1. The molecule has 21 heavy (non-hydrogen) atoms. The molecular weight excluding hydrogens is 297 g/mol. The summed E-state index contributed by atoms with van der Waals surface area (Å²) in [6.07, 6.45) is 0.680. The van der Waals surface area contributed by atoms with Gasteiger partial charge in [-0.2, -0.15) is 13.2 Å². The zero-order chi connectivity index (χ0) is 14.9. The molecule has 2 aliphatic rings. The van der Waals surface area contributed by atoms with Gasteiger partial charge in [-0.1, -0.05) is 0 Å². The van der Waals surface area contributed by atoms with E-state index in [0.717, 1.165) is 54.6 Å². The second-order valence-corrected chi connectivity index (χ2v) is 7.25. The van der Waals surface area contributed by atoms with E-state index in [1.54, 1.807) is 6.07 Å². The highest BCUT2D eigenvalue weighted by Gasteiger charge is 2.33. The summed E-state index contributed by atoms with van der Waals surface area (Å²) < 4.78 is 37.8. The minimum atomic E-state index is -4.20. The van der Waals surface area contributed by atoms with E-state index in [9.17, 15) is 13.2 Å². The van der Waals surface area contributed by atoms with Crippen molar-refractivity contribution >= 4 is 11.3 Å². The minimum Gasteiger partial charge on any atom is -0.314 e. The fraction of sp³-hybridized carbons (Fsp3) is 0.733. The van der Waals surface area contributed by atoms with Gasteiger partial charge in [-0.25, -0.2) is 0 Å². The molecule has 0 bridgehead atoms. The van der Waals surface area contributed by atoms with Crippen LogP contribution in [-0.2, 0) is 12.7 Å². The lowest BCUT2D eigenvalue weighted by atomic mass is 9.88. The zero-order valence-corrected chi connectivity index (χ0v) is 12.8. The van der Waals surface area contributed by atoms with Crippen LogP contribution in [0, 0.1) is 5.92 Å². The van der Waals surface area contributed by atoms with E-state index in [-0.39, 0.29) is 0 Å². The number of halogens is 3. The van der Waals surface area contributed by atoms with Crippen LogP contribution in [0.4, 0.5) is 13.2 Å². The topological polar surface area (TPSA) is 15.3 Å². The van der Waals surface area contributed by atoms with Crippen molar-refractivity contribution in [2.24, 2.45) is 5.92 Å². The summed E-state index contributed by atoms with van der Waals surface area (Å²) in [6.45, 7) is 3.80. The molecule has 6 heteroatoms. The molecular formula is C15H21F3N2S. The van der Waals surface area contributed by atoms with Crippen molar-refractivity contribution in [2.75, 3.05) is 19.6 Å². The average Bonchev–Trinajstić information content (AvgIpc) is 3.09. The van der Waals surface area contributed by atoms with Crippen LogP contribution < -0.4 is 5.32 Å². The summed E-state index contributed by atoms with van der Waals surface area (Å²) in [6, 6.07) is 3.50. The van der Waals surface area contributed by atoms with Crippen LogP contribution in [-0.4, -0.2) is 30.6 Å². The highest BCUT2D eigenvalue weighted by molar-refractivity contribution is 7.12. The molecule has 118 valence electrons. The first kappa shape index (κ1) is 15.3. The maximum atomic E-state index is 12.6. The van der Waals surface area contributed by atoms with Crippen molar-refractivity contribution in [3.8, 4) is 0 Å². The first-order chi connectivity index (χ1) is 10.0. The highest BCUT2D eigenvalue weighted by atomic mass is 32.1. The highest BCUT2D eigenvalue weighted by Crippen LogP contribution is 2.35. The molecule has 3 rings (SSSR count). The second-order valence-electron chi connectivity index (χ2n) is 6.08. The summed E-state index contributed by atoms with van der Waals surface area (Å²) in [5.41, 5.74) is 0. The fourth-order valence-corrected chi connectivity index (χ4v) is 4.38. The van der Waals surface area contributed by atoms with E-state index >= 15 is 0 Å². The molecule has 0 amide bonds. The molecule has 1 N–H and O–H groups in total. The molecule has 0 aromatic carbocycles. The normalized spacial score (nSPS) is 25.6. The first-order valence-corrected chi connectivity index (χ1v) is 8.45. The Hall–Kier alpha value is -0.590. The van der Waals surface area contributed by atoms with Crippen molar-refractivity contribution in [1.82, 2.24) is 10.2 Å². The van der Waals surface area contributed by atoms with Gasteiger partial charge in [0.05, 0.1) is 0 Å². The zero-order valence-electron chi connectivity index (χ0n) is 12.0. The number of likely N-dealkylation sites (tertiary alicyclic amines) is 1. The molecule has 1 aromatic rings. The van der Waals surface area contributed by atoms with Crippen molar-refractivity contribution in [1.29, 1.82) is 0 Å². The van der Waals surface area contributed by atoms with Gasteiger partial charge in [0.15, 0.2) is 0 Å². The van der Waals surface area contributed by atoms with Crippen LogP contribution in [0.3, 0.4) is 0 Å². The molecule has 2 aliphatic heterocycles. The van der Waals surface area contributed by atoms with Crippen molar-refractivity contribution in [3.05, 3.63) is 21.9 Å². The van der Waals surface area contributed by atoms with Gasteiger partial charge < -0.3 is 5.32 Å². The number of rotatable bonds is 3. The molecule has 2 saturated heterocycles. The van der Waals surface area contributed by atoms with Gasteiger partial charge in [-0.05, 0) is 63.4 Å². The van der Waals surface area contributed by atoms with Gasteiger partial charge in [0.1, 0.15) is 4.88 Å². The Kier molecular flexibility index (Phi) is 4.57. The van der Waals surface area contributed by atoms with Crippen LogP contribution in [0.15, 0.2) is 12.1 Å². The SMILES string of the molecule is FC(F)(F)c1ccc(CN2CCC(C3CCCN3)CC2)s1. The van der Waals surface area contributed by atoms with Gasteiger partial charge in [0.25, 0.3) is 0 Å². The summed E-state index contributed by atoms with van der Waals surface area (Å²) in [5.74, 6) is 0.748. The Labute approximate surface area is 127 Å². The fourth-order valence-electron chi connectivity index (χ4n) is 3.46. The van der Waals surface area contributed by atoms with Crippen LogP contribution >= 0.6 is 11.3 Å². The van der Waals surface area contributed by atoms with Crippen molar-refractivity contribution < 1.29 is 13.2 Å². The predicted octanol–water partition coefficient (Wildman–Crippen LogP) is 3.73. The molecule has 0 saturated carbocycles. The van der Waals surface area contributed by atoms with E-state index in [0.29, 0.717) is 12.6 Å². The maximum absolute atomic E-state index is 12.6. The van der Waals surface area contributed by atoms with Crippen molar-refractivity contribution in [2.45, 2.75) is 44.4 Å². The van der Waals surface area contributed by atoms with Crippen molar-refractivity contribution in [3.63, 3.8) is 0 Å². The summed E-state index contributed by atoms with van der Waals surface area (Å²) in [4.78, 5) is 2.62. The number of alkyl halides is 3. The van der Waals surface area contributed by atoms with Gasteiger partial charge in [0, 0.05) is 17.5 Å². The standard InChI is InChI=1S/C15H21F3N2S/c16-15(17,18)14-4-3-12(21-14)10-20-8-5-11(6-9-20)13-2-1-7-19-13/h3-4,11,13,19H,1-2,5-10H2. The Morgan fingerprint density at radius 1 is 1.19 bits per heavy atom. The minimum absolute atomic E-state index is 0.484. The molecule has 0 spiro atoms. The number of piperidine rings is 1. The van der Waals surface area contributed by atoms with E-state index < -0.39 is 11.1 Å². The van der Waals surface area contributed by atoms with Crippen LogP contribution in [0.5, 0.6) is 0 Å². The molecule has 1 unspecified atom stereocenters. The Morgan fingerprint density at radius 3 is 2.52 bits per heavy atom. The summed E-state index contributed by atoms with van der Waals surface area (Å²) in [7, 11) is 0. The second kappa shape index (κ2) is 6.26. The molecule has 3 heterocycles. The number of hydrogen-bond acceptors (Lipinski definition) is 3. The van der Waals surface area contributed by atoms with Crippen LogP contribution in [0.1, 0.15) is 35.4 Å². The molecule has 2 nitrogen and oxygen atoms in total. The number of hydrogen-bond donors (Lipinski definition) is 1. The number of thiophene rings is 1. The lowest BCUT2D eigenvalue weighted by molar-refractivity contribution is -0.134.